The van der Waals surface area contributed by atoms with E-state index in [0.29, 0.717) is 43.7 Å². The Bertz CT molecular complexity index is 1530. The van der Waals surface area contributed by atoms with Crippen LogP contribution in [0.25, 0.3) is 0 Å². The SMILES string of the molecule is N#Cc1ccc(Cn2cncc2CCNC(=O)C2CN(Cc3ccccc3)CC[N@+]2([O-])C(=O)Cc2ccncc2)cc1. The summed E-state index contributed by atoms with van der Waals surface area (Å²) in [6.45, 7) is 2.08. The van der Waals surface area contributed by atoms with E-state index >= 15 is 0 Å². The minimum atomic E-state index is -1.18. The van der Waals surface area contributed by atoms with Crippen LogP contribution in [-0.4, -0.2) is 68.1 Å². The van der Waals surface area contributed by atoms with Crippen molar-refractivity contribution in [3.05, 3.63) is 125 Å². The highest BCUT2D eigenvalue weighted by Gasteiger charge is 2.45. The summed E-state index contributed by atoms with van der Waals surface area (Å²) in [6, 6.07) is 21.7. The molecule has 1 fully saturated rings. The monoisotopic (exact) mass is 563 g/mol. The molecule has 0 radical (unpaired) electrons. The highest BCUT2D eigenvalue weighted by molar-refractivity contribution is 5.84. The predicted octanol–water partition coefficient (Wildman–Crippen LogP) is 2.83. The molecule has 10 nitrogen and oxygen atoms in total. The number of benzene rings is 2. The van der Waals surface area contributed by atoms with Gasteiger partial charge in [-0.25, -0.2) is 9.78 Å². The van der Waals surface area contributed by atoms with Crippen molar-refractivity contribution in [3.8, 4) is 6.07 Å². The Balaban J connectivity index is 1.26. The van der Waals surface area contributed by atoms with Crippen LogP contribution in [0.3, 0.4) is 0 Å². The van der Waals surface area contributed by atoms with E-state index in [0.717, 1.165) is 16.8 Å². The van der Waals surface area contributed by atoms with Gasteiger partial charge in [-0.1, -0.05) is 42.5 Å². The zero-order valence-corrected chi connectivity index (χ0v) is 23.3. The van der Waals surface area contributed by atoms with Crippen LogP contribution in [-0.2, 0) is 35.5 Å². The quantitative estimate of drug-likeness (QED) is 0.232. The van der Waals surface area contributed by atoms with Gasteiger partial charge >= 0.3 is 5.91 Å². The Morgan fingerprint density at radius 3 is 2.45 bits per heavy atom. The van der Waals surface area contributed by atoms with Gasteiger partial charge in [-0.15, -0.1) is 0 Å². The third-order valence-corrected chi connectivity index (χ3v) is 7.68. The van der Waals surface area contributed by atoms with Crippen LogP contribution in [0.5, 0.6) is 0 Å². The molecule has 1 unspecified atom stereocenters. The van der Waals surface area contributed by atoms with Gasteiger partial charge in [0.25, 0.3) is 5.91 Å². The Labute approximate surface area is 245 Å². The number of carbonyl (C=O) groups is 2. The Morgan fingerprint density at radius 2 is 1.71 bits per heavy atom. The van der Waals surface area contributed by atoms with Crippen LogP contribution in [0.2, 0.25) is 0 Å². The van der Waals surface area contributed by atoms with E-state index in [1.807, 2.05) is 47.0 Å². The van der Waals surface area contributed by atoms with E-state index in [4.69, 9.17) is 5.26 Å². The summed E-state index contributed by atoms with van der Waals surface area (Å²) in [6.07, 6.45) is 7.12. The number of quaternary nitrogens is 1. The molecule has 2 atom stereocenters. The average Bonchev–Trinajstić information content (AvgIpc) is 3.46. The smallest absolute Gasteiger partial charge is 0.318 e. The molecule has 1 aliphatic rings. The standard InChI is InChI=1S/C32H33N7O3/c33-19-26-6-8-28(9-7-26)22-38-24-35-20-29(38)12-15-36-32(41)30-23-37(21-27-4-2-1-3-5-27)16-17-39(30,42)31(40)18-25-10-13-34-14-11-25/h1-11,13-14,20,24,30H,12,15-18,21-23H2,(H,36,41)/t30?,39-/m1/s1. The summed E-state index contributed by atoms with van der Waals surface area (Å²) < 4.78 is 0.804. The van der Waals surface area contributed by atoms with Crippen molar-refractivity contribution in [3.63, 3.8) is 0 Å². The molecular weight excluding hydrogens is 530 g/mol. The minimum Gasteiger partial charge on any atom is -0.625 e. The Kier molecular flexibility index (Phi) is 9.14. The van der Waals surface area contributed by atoms with E-state index in [2.05, 4.69) is 26.3 Å². The first-order valence-electron chi connectivity index (χ1n) is 14.0. The average molecular weight is 564 g/mol. The first-order valence-corrected chi connectivity index (χ1v) is 14.0. The van der Waals surface area contributed by atoms with Gasteiger partial charge in [-0.05, 0) is 41.0 Å². The molecule has 2 aromatic carbocycles. The molecule has 1 saturated heterocycles. The van der Waals surface area contributed by atoms with E-state index in [1.165, 1.54) is 0 Å². The number of pyridine rings is 1. The van der Waals surface area contributed by atoms with Crippen molar-refractivity contribution < 1.29 is 14.2 Å². The predicted molar refractivity (Wildman–Crippen MR) is 156 cm³/mol. The highest BCUT2D eigenvalue weighted by atomic mass is 16.6. The summed E-state index contributed by atoms with van der Waals surface area (Å²) in [5.74, 6) is -0.954. The van der Waals surface area contributed by atoms with E-state index in [1.54, 1.807) is 49.2 Å². The van der Waals surface area contributed by atoms with Crippen molar-refractivity contribution in [2.75, 3.05) is 26.2 Å². The molecule has 0 bridgehead atoms. The number of rotatable bonds is 10. The van der Waals surface area contributed by atoms with Crippen molar-refractivity contribution in [2.24, 2.45) is 0 Å². The lowest BCUT2D eigenvalue weighted by Crippen LogP contribution is -2.69. The molecule has 0 aliphatic carbocycles. The number of hydroxylamine groups is 3. The number of hydrogen-bond donors (Lipinski definition) is 1. The third-order valence-electron chi connectivity index (χ3n) is 7.68. The fourth-order valence-corrected chi connectivity index (χ4v) is 5.29. The second-order valence-corrected chi connectivity index (χ2v) is 10.5. The van der Waals surface area contributed by atoms with Gasteiger partial charge in [0, 0.05) is 56.9 Å². The molecule has 2 aromatic heterocycles. The number of amides is 2. The molecule has 1 aliphatic heterocycles. The van der Waals surface area contributed by atoms with Crippen LogP contribution < -0.4 is 5.32 Å². The minimum absolute atomic E-state index is 0.00615. The van der Waals surface area contributed by atoms with Crippen molar-refractivity contribution in [1.29, 1.82) is 5.26 Å². The van der Waals surface area contributed by atoms with Crippen molar-refractivity contribution >= 4 is 11.8 Å². The van der Waals surface area contributed by atoms with Crippen LogP contribution in [0, 0.1) is 16.5 Å². The molecule has 3 heterocycles. The molecule has 10 heteroatoms. The normalized spacial score (nSPS) is 18.7. The number of nitrogens with zero attached hydrogens (tertiary/aromatic N) is 6. The van der Waals surface area contributed by atoms with Crippen molar-refractivity contribution in [2.45, 2.75) is 32.0 Å². The second-order valence-electron chi connectivity index (χ2n) is 10.5. The van der Waals surface area contributed by atoms with Crippen LogP contribution in [0.15, 0.2) is 91.6 Å². The summed E-state index contributed by atoms with van der Waals surface area (Å²) in [4.78, 5) is 37.3. The van der Waals surface area contributed by atoms with Crippen molar-refractivity contribution in [1.82, 2.24) is 24.8 Å². The van der Waals surface area contributed by atoms with Gasteiger partial charge in [0.15, 0.2) is 6.04 Å². The topological polar surface area (TPSA) is 127 Å². The fourth-order valence-electron chi connectivity index (χ4n) is 5.29. The fraction of sp³-hybridized carbons (Fsp3) is 0.281. The van der Waals surface area contributed by atoms with E-state index in [-0.39, 0.29) is 19.5 Å². The lowest BCUT2D eigenvalue weighted by Gasteiger charge is -2.50. The number of imidazole rings is 1. The van der Waals surface area contributed by atoms with Gasteiger partial charge in [0.1, 0.15) is 0 Å². The number of nitriles is 1. The number of hydrogen-bond acceptors (Lipinski definition) is 7. The number of carbonyl (C=O) groups excluding carboxylic acids is 2. The molecule has 214 valence electrons. The zero-order chi connectivity index (χ0) is 29.4. The summed E-state index contributed by atoms with van der Waals surface area (Å²) in [7, 11) is 0. The molecule has 0 saturated carbocycles. The largest absolute Gasteiger partial charge is 0.625 e. The zero-order valence-electron chi connectivity index (χ0n) is 23.3. The van der Waals surface area contributed by atoms with Crippen LogP contribution in [0.1, 0.15) is 27.9 Å². The maximum absolute atomic E-state index is 14.1. The van der Waals surface area contributed by atoms with E-state index < -0.39 is 22.5 Å². The highest BCUT2D eigenvalue weighted by Crippen LogP contribution is 2.23. The van der Waals surface area contributed by atoms with E-state index in [9.17, 15) is 14.8 Å². The third kappa shape index (κ3) is 6.95. The van der Waals surface area contributed by atoms with Crippen LogP contribution >= 0.6 is 0 Å². The molecule has 5 rings (SSSR count). The van der Waals surface area contributed by atoms with Gasteiger partial charge in [-0.2, -0.15) is 5.26 Å². The molecular formula is C32H33N7O3. The second kappa shape index (κ2) is 13.3. The first-order chi connectivity index (χ1) is 20.4. The van der Waals surface area contributed by atoms with Gasteiger partial charge in [0.05, 0.1) is 37.5 Å². The maximum atomic E-state index is 14.1. The first kappa shape index (κ1) is 28.8. The summed E-state index contributed by atoms with van der Waals surface area (Å²) >= 11 is 0. The lowest BCUT2D eigenvalue weighted by atomic mass is 10.1. The van der Waals surface area contributed by atoms with Gasteiger partial charge in [0.2, 0.25) is 0 Å². The lowest BCUT2D eigenvalue weighted by molar-refractivity contribution is -0.827. The number of piperazine rings is 1. The Hall–Kier alpha value is -4.69. The van der Waals surface area contributed by atoms with Gasteiger partial charge < -0.3 is 15.1 Å². The summed E-state index contributed by atoms with van der Waals surface area (Å²) in [5, 5.41) is 26.1. The summed E-state index contributed by atoms with van der Waals surface area (Å²) in [5.41, 5.74) is 4.33. The Morgan fingerprint density at radius 1 is 0.976 bits per heavy atom. The number of aromatic nitrogens is 3. The molecule has 1 N–H and O–H groups in total. The molecule has 0 spiro atoms. The molecule has 4 aromatic rings. The van der Waals surface area contributed by atoms with Crippen LogP contribution in [0.4, 0.5) is 0 Å². The maximum Gasteiger partial charge on any atom is 0.318 e. The number of nitrogens with one attached hydrogen (secondary N) is 1. The van der Waals surface area contributed by atoms with Gasteiger partial charge in [-0.3, -0.25) is 19.3 Å². The molecule has 2 amide bonds. The molecule has 42 heavy (non-hydrogen) atoms.